The van der Waals surface area contributed by atoms with Crippen molar-refractivity contribution in [2.45, 2.75) is 38.1 Å². The summed E-state index contributed by atoms with van der Waals surface area (Å²) >= 11 is 0. The molecule has 1 spiro atoms. The summed E-state index contributed by atoms with van der Waals surface area (Å²) in [5.74, 6) is -0.0849. The number of nitrogens with zero attached hydrogens (tertiary/aromatic N) is 1. The van der Waals surface area contributed by atoms with Crippen molar-refractivity contribution in [1.29, 1.82) is 0 Å². The number of hydrogen-bond donors (Lipinski definition) is 1. The molecule has 1 heterocycles. The molecule has 1 aromatic rings. The Morgan fingerprint density at radius 2 is 2.10 bits per heavy atom. The molecule has 1 aliphatic carbocycles. The number of imide groups is 1. The molecular formula is C16H18N2O3. The highest BCUT2D eigenvalue weighted by Crippen LogP contribution is 2.36. The molecule has 3 amide bonds. The SMILES string of the molecule is CCC(=O)c1ccc2c(c1)CCC1(C2)C(=O)NC(=O)N1C. The van der Waals surface area contributed by atoms with Gasteiger partial charge >= 0.3 is 6.03 Å². The van der Waals surface area contributed by atoms with Crippen molar-refractivity contribution in [3.63, 3.8) is 0 Å². The minimum atomic E-state index is -0.764. The minimum absolute atomic E-state index is 0.129. The number of Topliss-reactive ketones (excluding diaryl/α,β-unsaturated/α-hetero) is 1. The van der Waals surface area contributed by atoms with Gasteiger partial charge in [0.15, 0.2) is 5.78 Å². The van der Waals surface area contributed by atoms with Gasteiger partial charge in [0.25, 0.3) is 5.91 Å². The lowest BCUT2D eigenvalue weighted by molar-refractivity contribution is -0.126. The number of likely N-dealkylation sites (N-methyl/N-ethyl adjacent to an activating group) is 1. The van der Waals surface area contributed by atoms with Crippen LogP contribution in [0.25, 0.3) is 0 Å². The lowest BCUT2D eigenvalue weighted by Gasteiger charge is -2.37. The number of fused-ring (bicyclic) bond motifs is 1. The van der Waals surface area contributed by atoms with Gasteiger partial charge in [-0.25, -0.2) is 4.79 Å². The van der Waals surface area contributed by atoms with Gasteiger partial charge in [-0.3, -0.25) is 14.9 Å². The van der Waals surface area contributed by atoms with Gasteiger partial charge in [0.05, 0.1) is 0 Å². The van der Waals surface area contributed by atoms with Gasteiger partial charge in [0, 0.05) is 25.5 Å². The van der Waals surface area contributed by atoms with Gasteiger partial charge in [-0.2, -0.15) is 0 Å². The summed E-state index contributed by atoms with van der Waals surface area (Å²) in [7, 11) is 1.67. The summed E-state index contributed by atoms with van der Waals surface area (Å²) in [6, 6.07) is 5.34. The molecule has 0 radical (unpaired) electrons. The maximum absolute atomic E-state index is 12.2. The Morgan fingerprint density at radius 3 is 2.71 bits per heavy atom. The van der Waals surface area contributed by atoms with Crippen LogP contribution >= 0.6 is 0 Å². The molecule has 1 fully saturated rings. The quantitative estimate of drug-likeness (QED) is 0.664. The third kappa shape index (κ3) is 1.95. The number of carbonyl (C=O) groups excluding carboxylic acids is 3. The van der Waals surface area contributed by atoms with Crippen LogP contribution in [-0.4, -0.2) is 35.2 Å². The van der Waals surface area contributed by atoms with E-state index in [1.54, 1.807) is 7.05 Å². The fraction of sp³-hybridized carbons (Fsp3) is 0.438. The minimum Gasteiger partial charge on any atom is -0.312 e. The van der Waals surface area contributed by atoms with E-state index in [4.69, 9.17) is 0 Å². The number of amides is 3. The van der Waals surface area contributed by atoms with Crippen LogP contribution < -0.4 is 5.32 Å². The molecule has 1 aliphatic heterocycles. The van der Waals surface area contributed by atoms with Crippen LogP contribution in [0.15, 0.2) is 18.2 Å². The first-order chi connectivity index (χ1) is 9.98. The van der Waals surface area contributed by atoms with E-state index in [0.717, 1.165) is 16.7 Å². The molecule has 1 aromatic carbocycles. The van der Waals surface area contributed by atoms with E-state index in [0.29, 0.717) is 25.7 Å². The Hall–Kier alpha value is -2.17. The number of hydrogen-bond acceptors (Lipinski definition) is 3. The highest BCUT2D eigenvalue weighted by molar-refractivity contribution is 6.07. The van der Waals surface area contributed by atoms with E-state index in [-0.39, 0.29) is 17.7 Å². The van der Waals surface area contributed by atoms with Crippen molar-refractivity contribution in [2.75, 3.05) is 7.05 Å². The Balaban J connectivity index is 1.95. The van der Waals surface area contributed by atoms with E-state index in [1.165, 1.54) is 4.90 Å². The van der Waals surface area contributed by atoms with Crippen LogP contribution in [0.3, 0.4) is 0 Å². The van der Waals surface area contributed by atoms with Crippen LogP contribution in [-0.2, 0) is 17.6 Å². The number of ketones is 1. The lowest BCUT2D eigenvalue weighted by atomic mass is 9.76. The van der Waals surface area contributed by atoms with Crippen LogP contribution in [0.1, 0.15) is 41.3 Å². The third-order valence-electron chi connectivity index (χ3n) is 4.73. The average molecular weight is 286 g/mol. The maximum Gasteiger partial charge on any atom is 0.324 e. The predicted molar refractivity (Wildman–Crippen MR) is 77.1 cm³/mol. The molecular weight excluding hydrogens is 268 g/mol. The van der Waals surface area contributed by atoms with Crippen molar-refractivity contribution >= 4 is 17.7 Å². The standard InChI is InChI=1S/C16H18N2O3/c1-3-13(19)11-4-5-12-9-16(7-6-10(12)8-11)14(20)17-15(21)18(16)2/h4-5,8H,3,6-7,9H2,1-2H3,(H,17,20,21). The molecule has 3 rings (SSSR count). The molecule has 5 heteroatoms. The van der Waals surface area contributed by atoms with E-state index in [1.807, 2.05) is 25.1 Å². The Morgan fingerprint density at radius 1 is 1.33 bits per heavy atom. The van der Waals surface area contributed by atoms with E-state index in [2.05, 4.69) is 5.32 Å². The number of carbonyl (C=O) groups is 3. The smallest absolute Gasteiger partial charge is 0.312 e. The average Bonchev–Trinajstić information content (AvgIpc) is 2.70. The first-order valence-electron chi connectivity index (χ1n) is 7.22. The molecule has 0 bridgehead atoms. The molecule has 1 N–H and O–H groups in total. The van der Waals surface area contributed by atoms with Crippen LogP contribution in [0, 0.1) is 0 Å². The second-order valence-electron chi connectivity index (χ2n) is 5.79. The number of rotatable bonds is 2. The molecule has 0 saturated carbocycles. The first-order valence-corrected chi connectivity index (χ1v) is 7.22. The van der Waals surface area contributed by atoms with Crippen molar-refractivity contribution in [3.05, 3.63) is 34.9 Å². The molecule has 21 heavy (non-hydrogen) atoms. The summed E-state index contributed by atoms with van der Waals surface area (Å²) < 4.78 is 0. The van der Waals surface area contributed by atoms with Crippen molar-refractivity contribution in [3.8, 4) is 0 Å². The normalized spacial score (nSPS) is 24.2. The third-order valence-corrected chi connectivity index (χ3v) is 4.73. The van der Waals surface area contributed by atoms with E-state index >= 15 is 0 Å². The van der Waals surface area contributed by atoms with Crippen LogP contribution in [0.4, 0.5) is 4.79 Å². The summed E-state index contributed by atoms with van der Waals surface area (Å²) in [5.41, 5.74) is 2.12. The second-order valence-corrected chi connectivity index (χ2v) is 5.79. The summed E-state index contributed by atoms with van der Waals surface area (Å²) in [5, 5.41) is 2.39. The van der Waals surface area contributed by atoms with Crippen molar-refractivity contribution in [2.24, 2.45) is 0 Å². The van der Waals surface area contributed by atoms with E-state index < -0.39 is 5.54 Å². The maximum atomic E-state index is 12.2. The van der Waals surface area contributed by atoms with Gasteiger partial charge in [0.1, 0.15) is 5.54 Å². The predicted octanol–water partition coefficient (Wildman–Crippen LogP) is 1.69. The zero-order valence-electron chi connectivity index (χ0n) is 12.2. The fourth-order valence-electron chi connectivity index (χ4n) is 3.28. The van der Waals surface area contributed by atoms with Crippen LogP contribution in [0.2, 0.25) is 0 Å². The number of benzene rings is 1. The largest absolute Gasteiger partial charge is 0.324 e. The fourth-order valence-corrected chi connectivity index (χ4v) is 3.28. The Kier molecular flexibility index (Phi) is 3.08. The van der Waals surface area contributed by atoms with Gasteiger partial charge in [-0.15, -0.1) is 0 Å². The molecule has 0 aromatic heterocycles. The number of aryl methyl sites for hydroxylation is 1. The zero-order chi connectivity index (χ0) is 15.2. The number of nitrogens with one attached hydrogen (secondary N) is 1. The van der Waals surface area contributed by atoms with Gasteiger partial charge < -0.3 is 4.90 Å². The summed E-state index contributed by atoms with van der Waals surface area (Å²) in [4.78, 5) is 37.2. The summed E-state index contributed by atoms with van der Waals surface area (Å²) in [6.07, 6.45) is 2.29. The Labute approximate surface area is 123 Å². The number of urea groups is 1. The molecule has 2 aliphatic rings. The zero-order valence-corrected chi connectivity index (χ0v) is 12.2. The van der Waals surface area contributed by atoms with Gasteiger partial charge in [-0.05, 0) is 30.0 Å². The van der Waals surface area contributed by atoms with Crippen molar-refractivity contribution < 1.29 is 14.4 Å². The molecule has 1 unspecified atom stereocenters. The highest BCUT2D eigenvalue weighted by Gasteiger charge is 2.52. The van der Waals surface area contributed by atoms with Gasteiger partial charge in [0.2, 0.25) is 0 Å². The van der Waals surface area contributed by atoms with Crippen LogP contribution in [0.5, 0.6) is 0 Å². The van der Waals surface area contributed by atoms with E-state index in [9.17, 15) is 14.4 Å². The molecule has 5 nitrogen and oxygen atoms in total. The van der Waals surface area contributed by atoms with Crippen molar-refractivity contribution in [1.82, 2.24) is 10.2 Å². The molecule has 1 atom stereocenters. The summed E-state index contributed by atoms with van der Waals surface area (Å²) in [6.45, 7) is 1.85. The highest BCUT2D eigenvalue weighted by atomic mass is 16.2. The molecule has 110 valence electrons. The lowest BCUT2D eigenvalue weighted by Crippen LogP contribution is -2.51. The molecule has 1 saturated heterocycles. The first kappa shape index (κ1) is 13.8. The Bertz CT molecular complexity index is 653. The second kappa shape index (κ2) is 4.69. The topological polar surface area (TPSA) is 66.5 Å². The van der Waals surface area contributed by atoms with Gasteiger partial charge in [-0.1, -0.05) is 19.1 Å². The monoisotopic (exact) mass is 286 g/mol.